The fraction of sp³-hybridized carbons (Fsp3) is 0.222. The van der Waals surface area contributed by atoms with Crippen molar-refractivity contribution < 1.29 is 4.79 Å². The standard InChI is InChI=1S/C27H26N4OS/c1-4-27(32)30-15-25(23-13-18(2)33-26(23)17-30)22-11-6-5-10-21(22)24-16-31(29-19(24)3)14-20-9-7-8-12-28-20/h4-13,16,25H,1,14-15,17H2,2-3H3/t25-/m0/s1. The number of rotatable bonds is 5. The molecule has 4 heterocycles. The molecule has 1 amide bonds. The van der Waals surface area contributed by atoms with Crippen molar-refractivity contribution in [3.63, 3.8) is 0 Å². The van der Waals surface area contributed by atoms with E-state index in [-0.39, 0.29) is 11.8 Å². The first-order valence-corrected chi connectivity index (χ1v) is 11.9. The van der Waals surface area contributed by atoms with E-state index in [0.717, 1.165) is 22.5 Å². The number of carbonyl (C=O) groups excluding carboxylic acids is 1. The molecule has 166 valence electrons. The maximum Gasteiger partial charge on any atom is 0.246 e. The molecule has 3 aromatic heterocycles. The topological polar surface area (TPSA) is 51.0 Å². The second-order valence-electron chi connectivity index (χ2n) is 8.45. The third kappa shape index (κ3) is 4.14. The molecule has 4 aromatic rings. The van der Waals surface area contributed by atoms with Crippen LogP contribution in [0, 0.1) is 13.8 Å². The number of aromatic nitrogens is 3. The Balaban J connectivity index is 1.56. The average Bonchev–Trinajstić information content (AvgIpc) is 3.39. The first kappa shape index (κ1) is 21.3. The molecule has 1 aromatic carbocycles. The summed E-state index contributed by atoms with van der Waals surface area (Å²) in [5.74, 6) is 0.0888. The molecular formula is C27H26N4OS. The normalized spacial score (nSPS) is 15.3. The summed E-state index contributed by atoms with van der Waals surface area (Å²) in [7, 11) is 0. The minimum atomic E-state index is -0.0199. The molecular weight excluding hydrogens is 428 g/mol. The van der Waals surface area contributed by atoms with Crippen LogP contribution in [0.4, 0.5) is 0 Å². The lowest BCUT2D eigenvalue weighted by Crippen LogP contribution is -2.37. The molecule has 0 aliphatic carbocycles. The zero-order valence-electron chi connectivity index (χ0n) is 18.9. The van der Waals surface area contributed by atoms with Gasteiger partial charge >= 0.3 is 0 Å². The number of nitrogens with zero attached hydrogens (tertiary/aromatic N) is 4. The van der Waals surface area contributed by atoms with Crippen LogP contribution in [0.15, 0.2) is 73.6 Å². The van der Waals surface area contributed by atoms with Crippen LogP contribution in [-0.2, 0) is 17.9 Å². The van der Waals surface area contributed by atoms with Gasteiger partial charge in [-0.15, -0.1) is 11.3 Å². The lowest BCUT2D eigenvalue weighted by atomic mass is 9.84. The van der Waals surface area contributed by atoms with Gasteiger partial charge in [0.2, 0.25) is 5.91 Å². The van der Waals surface area contributed by atoms with Crippen LogP contribution in [0.2, 0.25) is 0 Å². The number of pyridine rings is 1. The molecule has 0 saturated heterocycles. The van der Waals surface area contributed by atoms with E-state index in [9.17, 15) is 4.79 Å². The number of fused-ring (bicyclic) bond motifs is 1. The van der Waals surface area contributed by atoms with Crippen molar-refractivity contribution in [3.05, 3.63) is 106 Å². The molecule has 0 N–H and O–H groups in total. The van der Waals surface area contributed by atoms with Gasteiger partial charge in [0.25, 0.3) is 0 Å². The largest absolute Gasteiger partial charge is 0.333 e. The monoisotopic (exact) mass is 454 g/mol. The molecule has 0 radical (unpaired) electrons. The van der Waals surface area contributed by atoms with E-state index >= 15 is 0 Å². The first-order valence-electron chi connectivity index (χ1n) is 11.1. The van der Waals surface area contributed by atoms with Gasteiger partial charge in [-0.25, -0.2) is 0 Å². The summed E-state index contributed by atoms with van der Waals surface area (Å²) in [4.78, 5) is 21.4. The van der Waals surface area contributed by atoms with Crippen molar-refractivity contribution >= 4 is 17.2 Å². The summed E-state index contributed by atoms with van der Waals surface area (Å²) >= 11 is 1.78. The molecule has 33 heavy (non-hydrogen) atoms. The number of aryl methyl sites for hydroxylation is 2. The molecule has 1 aliphatic rings. The number of thiophene rings is 1. The Labute approximate surface area is 198 Å². The van der Waals surface area contributed by atoms with E-state index in [2.05, 4.69) is 61.9 Å². The quantitative estimate of drug-likeness (QED) is 0.383. The maximum absolute atomic E-state index is 12.5. The maximum atomic E-state index is 12.5. The summed E-state index contributed by atoms with van der Waals surface area (Å²) in [5.41, 5.74) is 6.78. The predicted octanol–water partition coefficient (Wildman–Crippen LogP) is 5.33. The highest BCUT2D eigenvalue weighted by molar-refractivity contribution is 7.12. The Hall–Kier alpha value is -3.51. The highest BCUT2D eigenvalue weighted by Gasteiger charge is 2.31. The second kappa shape index (κ2) is 8.79. The molecule has 1 atom stereocenters. The van der Waals surface area contributed by atoms with Crippen molar-refractivity contribution in [1.82, 2.24) is 19.7 Å². The minimum Gasteiger partial charge on any atom is -0.333 e. The van der Waals surface area contributed by atoms with Gasteiger partial charge in [-0.2, -0.15) is 5.10 Å². The SMILES string of the molecule is C=CC(=O)N1Cc2sc(C)cc2[C@H](c2ccccc2-c2cn(Cc3ccccn3)nc2C)C1. The lowest BCUT2D eigenvalue weighted by molar-refractivity contribution is -0.127. The number of benzene rings is 1. The third-order valence-corrected chi connectivity index (χ3v) is 7.24. The van der Waals surface area contributed by atoms with Crippen molar-refractivity contribution in [3.8, 4) is 11.1 Å². The van der Waals surface area contributed by atoms with Crippen molar-refractivity contribution in [2.75, 3.05) is 6.54 Å². The van der Waals surface area contributed by atoms with Gasteiger partial charge in [0, 0.05) is 40.2 Å². The minimum absolute atomic E-state index is 0.0199. The molecule has 0 fully saturated rings. The zero-order chi connectivity index (χ0) is 22.9. The number of carbonyl (C=O) groups is 1. The first-order chi connectivity index (χ1) is 16.0. The Morgan fingerprint density at radius 3 is 2.76 bits per heavy atom. The molecule has 5 nitrogen and oxygen atoms in total. The highest BCUT2D eigenvalue weighted by Crippen LogP contribution is 2.42. The Bertz CT molecular complexity index is 1320. The van der Waals surface area contributed by atoms with Gasteiger partial charge in [-0.3, -0.25) is 14.5 Å². The molecule has 0 spiro atoms. The van der Waals surface area contributed by atoms with Gasteiger partial charge in [0.1, 0.15) is 0 Å². The zero-order valence-corrected chi connectivity index (χ0v) is 19.7. The Kier molecular flexibility index (Phi) is 5.68. The lowest BCUT2D eigenvalue weighted by Gasteiger charge is -2.33. The van der Waals surface area contributed by atoms with Gasteiger partial charge in [-0.1, -0.05) is 36.9 Å². The number of amides is 1. The summed E-state index contributed by atoms with van der Waals surface area (Å²) < 4.78 is 1.96. The van der Waals surface area contributed by atoms with Gasteiger partial charge in [0.15, 0.2) is 0 Å². The van der Waals surface area contributed by atoms with Crippen LogP contribution < -0.4 is 0 Å². The fourth-order valence-electron chi connectivity index (χ4n) is 4.69. The molecule has 6 heteroatoms. The van der Waals surface area contributed by atoms with Gasteiger partial charge in [0.05, 0.1) is 24.5 Å². The fourth-order valence-corrected chi connectivity index (χ4v) is 5.80. The van der Waals surface area contributed by atoms with E-state index in [1.807, 2.05) is 34.0 Å². The Morgan fingerprint density at radius 2 is 1.97 bits per heavy atom. The number of hydrogen-bond acceptors (Lipinski definition) is 4. The average molecular weight is 455 g/mol. The van der Waals surface area contributed by atoms with E-state index in [1.165, 1.54) is 27.0 Å². The van der Waals surface area contributed by atoms with Crippen LogP contribution in [0.1, 0.15) is 38.2 Å². The van der Waals surface area contributed by atoms with Crippen LogP contribution in [0.25, 0.3) is 11.1 Å². The molecule has 0 saturated carbocycles. The Morgan fingerprint density at radius 1 is 1.15 bits per heavy atom. The van der Waals surface area contributed by atoms with Crippen LogP contribution in [-0.4, -0.2) is 32.1 Å². The molecule has 0 unspecified atom stereocenters. The van der Waals surface area contributed by atoms with E-state index in [0.29, 0.717) is 19.6 Å². The third-order valence-electron chi connectivity index (χ3n) is 6.19. The highest BCUT2D eigenvalue weighted by atomic mass is 32.1. The van der Waals surface area contributed by atoms with E-state index < -0.39 is 0 Å². The molecule has 1 aliphatic heterocycles. The van der Waals surface area contributed by atoms with Crippen LogP contribution in [0.3, 0.4) is 0 Å². The second-order valence-corrected chi connectivity index (χ2v) is 9.79. The van der Waals surface area contributed by atoms with Crippen molar-refractivity contribution in [1.29, 1.82) is 0 Å². The van der Waals surface area contributed by atoms with Crippen molar-refractivity contribution in [2.24, 2.45) is 0 Å². The van der Waals surface area contributed by atoms with Crippen LogP contribution in [0.5, 0.6) is 0 Å². The predicted molar refractivity (Wildman–Crippen MR) is 132 cm³/mol. The van der Waals surface area contributed by atoms with E-state index in [4.69, 9.17) is 5.10 Å². The summed E-state index contributed by atoms with van der Waals surface area (Å²) in [6.45, 7) is 9.82. The smallest absolute Gasteiger partial charge is 0.246 e. The summed E-state index contributed by atoms with van der Waals surface area (Å²) in [6, 6.07) is 16.7. The van der Waals surface area contributed by atoms with Gasteiger partial charge in [-0.05, 0) is 54.8 Å². The van der Waals surface area contributed by atoms with Crippen LogP contribution >= 0.6 is 11.3 Å². The number of hydrogen-bond donors (Lipinski definition) is 0. The van der Waals surface area contributed by atoms with Gasteiger partial charge < -0.3 is 4.90 Å². The van der Waals surface area contributed by atoms with Crippen molar-refractivity contribution in [2.45, 2.75) is 32.9 Å². The summed E-state index contributed by atoms with van der Waals surface area (Å²) in [5, 5.41) is 4.77. The summed E-state index contributed by atoms with van der Waals surface area (Å²) in [6.07, 6.45) is 5.33. The molecule has 5 rings (SSSR count). The van der Waals surface area contributed by atoms with E-state index in [1.54, 1.807) is 11.3 Å². The molecule has 0 bridgehead atoms.